The Labute approximate surface area is 170 Å². The van der Waals surface area contributed by atoms with Crippen molar-refractivity contribution in [2.45, 2.75) is 19.9 Å². The average Bonchev–Trinajstić information content (AvgIpc) is 2.91. The zero-order valence-electron chi connectivity index (χ0n) is 14.8. The van der Waals surface area contributed by atoms with E-state index in [1.807, 2.05) is 50.2 Å². The van der Waals surface area contributed by atoms with Crippen molar-refractivity contribution >= 4 is 54.8 Å². The van der Waals surface area contributed by atoms with Crippen LogP contribution in [0.3, 0.4) is 0 Å². The van der Waals surface area contributed by atoms with Crippen LogP contribution in [0.2, 0.25) is 5.02 Å². The number of nitrogens with zero attached hydrogens (tertiary/aromatic N) is 1. The second-order valence-corrected chi connectivity index (χ2v) is 10.9. The molecule has 3 aromatic rings. The standard InChI is InChI=1S/C21H17ClINO3/c1-13(2)24-20(25)18-11-14-6-3-4-7-15(14)12-19(18)23(24)27-21(26)16-8-5-9-17(22)10-16/h3-13H,1-2H3. The van der Waals surface area contributed by atoms with Crippen LogP contribution in [-0.2, 0) is 3.07 Å². The van der Waals surface area contributed by atoms with Gasteiger partial charge in [0.15, 0.2) is 0 Å². The van der Waals surface area contributed by atoms with Crippen LogP contribution in [0, 0.1) is 3.57 Å². The molecule has 0 atom stereocenters. The van der Waals surface area contributed by atoms with E-state index in [1.165, 1.54) is 0 Å². The maximum atomic E-state index is 13.0. The van der Waals surface area contributed by atoms with E-state index < -0.39 is 26.5 Å². The van der Waals surface area contributed by atoms with Crippen LogP contribution in [0.15, 0.2) is 60.7 Å². The quantitative estimate of drug-likeness (QED) is 0.346. The summed E-state index contributed by atoms with van der Waals surface area (Å²) in [7, 11) is 0. The molecule has 3 aromatic carbocycles. The van der Waals surface area contributed by atoms with Gasteiger partial charge in [0.25, 0.3) is 0 Å². The van der Waals surface area contributed by atoms with E-state index in [-0.39, 0.29) is 11.9 Å². The van der Waals surface area contributed by atoms with Gasteiger partial charge in [0.05, 0.1) is 0 Å². The van der Waals surface area contributed by atoms with E-state index in [1.54, 1.807) is 27.4 Å². The van der Waals surface area contributed by atoms with Crippen LogP contribution in [0.5, 0.6) is 0 Å². The Morgan fingerprint density at radius 1 is 1.04 bits per heavy atom. The van der Waals surface area contributed by atoms with Gasteiger partial charge in [-0.1, -0.05) is 0 Å². The molecular weight excluding hydrogens is 477 g/mol. The fourth-order valence-corrected chi connectivity index (χ4v) is 8.00. The minimum absolute atomic E-state index is 0.0506. The molecule has 0 spiro atoms. The fraction of sp³-hybridized carbons (Fsp3) is 0.143. The molecule has 4 nitrogen and oxygen atoms in total. The van der Waals surface area contributed by atoms with E-state index in [9.17, 15) is 9.59 Å². The van der Waals surface area contributed by atoms with Gasteiger partial charge < -0.3 is 0 Å². The van der Waals surface area contributed by atoms with Crippen LogP contribution in [0.1, 0.15) is 34.6 Å². The van der Waals surface area contributed by atoms with Crippen molar-refractivity contribution in [3.05, 3.63) is 80.4 Å². The number of rotatable bonds is 3. The number of carbonyl (C=O) groups excluding carboxylic acids is 2. The first kappa shape index (κ1) is 18.3. The van der Waals surface area contributed by atoms with Crippen molar-refractivity contribution in [2.24, 2.45) is 0 Å². The van der Waals surface area contributed by atoms with Gasteiger partial charge in [-0.15, -0.1) is 0 Å². The summed E-state index contributed by atoms with van der Waals surface area (Å²) in [6.07, 6.45) is 0. The van der Waals surface area contributed by atoms with Crippen LogP contribution in [0.4, 0.5) is 0 Å². The summed E-state index contributed by atoms with van der Waals surface area (Å²) in [6.45, 7) is 3.89. The molecule has 0 radical (unpaired) electrons. The third-order valence-corrected chi connectivity index (χ3v) is 9.69. The van der Waals surface area contributed by atoms with Gasteiger partial charge >= 0.3 is 171 Å². The van der Waals surface area contributed by atoms with Gasteiger partial charge in [-0.2, -0.15) is 0 Å². The molecule has 0 unspecified atom stereocenters. The minimum atomic E-state index is -2.69. The Morgan fingerprint density at radius 3 is 2.41 bits per heavy atom. The molecule has 1 aliphatic heterocycles. The molecule has 27 heavy (non-hydrogen) atoms. The molecule has 0 saturated heterocycles. The zero-order chi connectivity index (χ0) is 19.1. The van der Waals surface area contributed by atoms with Gasteiger partial charge in [0.2, 0.25) is 0 Å². The van der Waals surface area contributed by atoms with Crippen molar-refractivity contribution in [2.75, 3.05) is 0 Å². The van der Waals surface area contributed by atoms with E-state index in [4.69, 9.17) is 14.7 Å². The Bertz CT molecular complexity index is 1070. The summed E-state index contributed by atoms with van der Waals surface area (Å²) in [4.78, 5) is 25.7. The van der Waals surface area contributed by atoms with E-state index in [0.29, 0.717) is 16.1 Å². The number of hydrogen-bond acceptors (Lipinski definition) is 3. The number of benzene rings is 3. The van der Waals surface area contributed by atoms with E-state index >= 15 is 0 Å². The van der Waals surface area contributed by atoms with Gasteiger partial charge in [-0.25, -0.2) is 0 Å². The van der Waals surface area contributed by atoms with Crippen LogP contribution in [0.25, 0.3) is 10.8 Å². The number of fused-ring (bicyclic) bond motifs is 2. The van der Waals surface area contributed by atoms with Gasteiger partial charge in [-0.3, -0.25) is 0 Å². The molecule has 138 valence electrons. The molecule has 0 bridgehead atoms. The zero-order valence-corrected chi connectivity index (χ0v) is 17.7. The Balaban J connectivity index is 1.77. The third-order valence-electron chi connectivity index (χ3n) is 4.26. The number of hydrogen-bond donors (Lipinski definition) is 0. The topological polar surface area (TPSA) is 46.6 Å². The molecule has 1 amide bonds. The summed E-state index contributed by atoms with van der Waals surface area (Å²) >= 11 is 3.31. The van der Waals surface area contributed by atoms with Crippen molar-refractivity contribution in [3.8, 4) is 0 Å². The number of carbonyl (C=O) groups is 2. The molecule has 1 heterocycles. The molecule has 1 aliphatic rings. The molecule has 0 saturated carbocycles. The first-order valence-corrected chi connectivity index (χ1v) is 11.8. The molecular formula is C21H17ClINO3. The fourth-order valence-electron chi connectivity index (χ4n) is 3.01. The number of halogens is 2. The predicted octanol–water partition coefficient (Wildman–Crippen LogP) is 5.72. The molecule has 0 aromatic heterocycles. The van der Waals surface area contributed by atoms with Crippen molar-refractivity contribution in [1.82, 2.24) is 3.11 Å². The van der Waals surface area contributed by atoms with Gasteiger partial charge in [-0.05, 0) is 0 Å². The molecule has 0 aliphatic carbocycles. The predicted molar refractivity (Wildman–Crippen MR) is 115 cm³/mol. The van der Waals surface area contributed by atoms with Crippen LogP contribution >= 0.6 is 32.1 Å². The van der Waals surface area contributed by atoms with Gasteiger partial charge in [0, 0.05) is 0 Å². The molecule has 0 fully saturated rings. The molecule has 0 N–H and O–H groups in total. The van der Waals surface area contributed by atoms with Crippen LogP contribution in [-0.4, -0.2) is 21.0 Å². The summed E-state index contributed by atoms with van der Waals surface area (Å²) in [5, 5.41) is 2.52. The maximum absolute atomic E-state index is 13.0. The van der Waals surface area contributed by atoms with Crippen molar-refractivity contribution in [3.63, 3.8) is 0 Å². The normalized spacial score (nSPS) is 14.7. The summed E-state index contributed by atoms with van der Waals surface area (Å²) in [5.74, 6) is -0.503. The monoisotopic (exact) mass is 493 g/mol. The number of amides is 1. The summed E-state index contributed by atoms with van der Waals surface area (Å²) in [6, 6.07) is 18.4. The first-order valence-electron chi connectivity index (χ1n) is 8.50. The molecule has 4 rings (SSSR count). The Hall–Kier alpha value is -2.12. The Morgan fingerprint density at radius 2 is 1.74 bits per heavy atom. The second-order valence-electron chi connectivity index (χ2n) is 6.49. The van der Waals surface area contributed by atoms with Gasteiger partial charge in [0.1, 0.15) is 0 Å². The second kappa shape index (κ2) is 7.13. The SMILES string of the molecule is CC(C)N1C(=O)c2cc3ccccc3cc2I1OC(=O)c1cccc(Cl)c1. The average molecular weight is 494 g/mol. The third kappa shape index (κ3) is 3.30. The summed E-state index contributed by atoms with van der Waals surface area (Å²) < 4.78 is 8.56. The summed E-state index contributed by atoms with van der Waals surface area (Å²) in [5.41, 5.74) is 1.04. The van der Waals surface area contributed by atoms with Crippen LogP contribution < -0.4 is 0 Å². The van der Waals surface area contributed by atoms with Crippen molar-refractivity contribution < 1.29 is 12.7 Å². The van der Waals surface area contributed by atoms with E-state index in [0.717, 1.165) is 14.3 Å². The first-order chi connectivity index (χ1) is 13.0. The van der Waals surface area contributed by atoms with E-state index in [2.05, 4.69) is 0 Å². The van der Waals surface area contributed by atoms with Crippen molar-refractivity contribution in [1.29, 1.82) is 0 Å². The molecule has 6 heteroatoms. The Kier molecular flexibility index (Phi) is 4.82.